The van der Waals surface area contributed by atoms with Crippen molar-refractivity contribution in [1.82, 2.24) is 14.8 Å². The van der Waals surface area contributed by atoms with Crippen LogP contribution in [0, 0.1) is 6.92 Å². The first kappa shape index (κ1) is 21.4. The summed E-state index contributed by atoms with van der Waals surface area (Å²) in [4.78, 5) is 15.0. The predicted octanol–water partition coefficient (Wildman–Crippen LogP) is 4.53. The fourth-order valence-corrected chi connectivity index (χ4v) is 2.80. The molecule has 0 aliphatic carbocycles. The molecule has 0 atom stereocenters. The molecule has 3 rings (SSSR count). The maximum atomic E-state index is 12.7. The van der Waals surface area contributed by atoms with E-state index in [-0.39, 0.29) is 0 Å². The van der Waals surface area contributed by atoms with Gasteiger partial charge in [0.2, 0.25) is 0 Å². The van der Waals surface area contributed by atoms with E-state index in [0.29, 0.717) is 36.8 Å². The highest BCUT2D eigenvalue weighted by Crippen LogP contribution is 2.29. The number of nitrogens with zero attached hydrogens (tertiary/aromatic N) is 3. The van der Waals surface area contributed by atoms with Crippen LogP contribution in [0.3, 0.4) is 0 Å². The molecule has 6 nitrogen and oxygen atoms in total. The number of carbonyl (C=O) groups is 1. The van der Waals surface area contributed by atoms with Crippen molar-refractivity contribution in [3.63, 3.8) is 0 Å². The van der Waals surface area contributed by atoms with Crippen molar-refractivity contribution in [2.75, 3.05) is 6.61 Å². The van der Waals surface area contributed by atoms with Crippen LogP contribution < -0.4 is 9.47 Å². The van der Waals surface area contributed by atoms with Crippen molar-refractivity contribution in [1.29, 1.82) is 0 Å². The van der Waals surface area contributed by atoms with E-state index in [1.807, 2.05) is 6.92 Å². The molecule has 1 aromatic carbocycles. The SMILES string of the molecule is CC(=O)Oc1ccccc1OCCCc1cn(-c2ccc(C(F)(F)F)cn2)nc1C. The molecule has 3 aromatic rings. The summed E-state index contributed by atoms with van der Waals surface area (Å²) >= 11 is 0. The van der Waals surface area contributed by atoms with Crippen molar-refractivity contribution in [2.45, 2.75) is 32.9 Å². The largest absolute Gasteiger partial charge is 0.490 e. The van der Waals surface area contributed by atoms with E-state index >= 15 is 0 Å². The number of rotatable bonds is 7. The minimum atomic E-state index is -4.43. The summed E-state index contributed by atoms with van der Waals surface area (Å²) < 4.78 is 50.3. The Kier molecular flexibility index (Phi) is 6.39. The topological polar surface area (TPSA) is 66.2 Å². The van der Waals surface area contributed by atoms with E-state index in [0.717, 1.165) is 23.5 Å². The first-order valence-electron chi connectivity index (χ1n) is 9.23. The molecule has 30 heavy (non-hydrogen) atoms. The highest BCUT2D eigenvalue weighted by molar-refractivity contribution is 5.70. The van der Waals surface area contributed by atoms with Gasteiger partial charge in [0, 0.05) is 19.3 Å². The normalized spacial score (nSPS) is 11.4. The Balaban J connectivity index is 1.59. The molecule has 2 heterocycles. The van der Waals surface area contributed by atoms with E-state index in [1.54, 1.807) is 30.5 Å². The minimum Gasteiger partial charge on any atom is -0.490 e. The second kappa shape index (κ2) is 8.98. The number of alkyl halides is 3. The average molecular weight is 419 g/mol. The molecule has 0 unspecified atom stereocenters. The van der Waals surface area contributed by atoms with Crippen LogP contribution in [0.15, 0.2) is 48.8 Å². The van der Waals surface area contributed by atoms with E-state index in [1.165, 1.54) is 17.7 Å². The first-order chi connectivity index (χ1) is 14.2. The van der Waals surface area contributed by atoms with Crippen LogP contribution in [0.1, 0.15) is 30.2 Å². The molecular weight excluding hydrogens is 399 g/mol. The van der Waals surface area contributed by atoms with Crippen LogP contribution in [0.4, 0.5) is 13.2 Å². The molecular formula is C21H20F3N3O3. The molecule has 0 aliphatic heterocycles. The molecule has 0 radical (unpaired) electrons. The van der Waals surface area contributed by atoms with Gasteiger partial charge in [-0.3, -0.25) is 4.79 Å². The number of benzene rings is 1. The molecule has 9 heteroatoms. The first-order valence-corrected chi connectivity index (χ1v) is 9.23. The van der Waals surface area contributed by atoms with Crippen LogP contribution in [-0.4, -0.2) is 27.3 Å². The summed E-state index contributed by atoms with van der Waals surface area (Å²) in [7, 11) is 0. The Morgan fingerprint density at radius 3 is 2.50 bits per heavy atom. The quantitative estimate of drug-likeness (QED) is 0.320. The molecule has 0 saturated carbocycles. The Morgan fingerprint density at radius 2 is 1.87 bits per heavy atom. The lowest BCUT2D eigenvalue weighted by atomic mass is 10.1. The number of carbonyl (C=O) groups excluding carboxylic acids is 1. The highest BCUT2D eigenvalue weighted by Gasteiger charge is 2.30. The molecule has 0 bridgehead atoms. The van der Waals surface area contributed by atoms with Gasteiger partial charge < -0.3 is 9.47 Å². The number of hydrogen-bond donors (Lipinski definition) is 0. The van der Waals surface area contributed by atoms with E-state index in [4.69, 9.17) is 9.47 Å². The second-order valence-electron chi connectivity index (χ2n) is 6.58. The Labute approximate surface area is 171 Å². The van der Waals surface area contributed by atoms with Crippen molar-refractivity contribution < 1.29 is 27.4 Å². The summed E-state index contributed by atoms with van der Waals surface area (Å²) in [6, 6.07) is 9.17. The van der Waals surface area contributed by atoms with Crippen LogP contribution in [0.2, 0.25) is 0 Å². The lowest BCUT2D eigenvalue weighted by Crippen LogP contribution is -2.07. The molecule has 158 valence electrons. The van der Waals surface area contributed by atoms with Gasteiger partial charge in [-0.2, -0.15) is 18.3 Å². The number of ether oxygens (including phenoxy) is 2. The smallest absolute Gasteiger partial charge is 0.417 e. The van der Waals surface area contributed by atoms with Gasteiger partial charge in [0.05, 0.1) is 17.9 Å². The zero-order chi connectivity index (χ0) is 21.7. The van der Waals surface area contributed by atoms with Crippen LogP contribution in [0.25, 0.3) is 5.82 Å². The fraction of sp³-hybridized carbons (Fsp3) is 0.286. The zero-order valence-electron chi connectivity index (χ0n) is 16.4. The number of para-hydroxylation sites is 2. The van der Waals surface area contributed by atoms with Gasteiger partial charge >= 0.3 is 12.1 Å². The number of pyridine rings is 1. The number of hydrogen-bond acceptors (Lipinski definition) is 5. The van der Waals surface area contributed by atoms with Crippen LogP contribution in [0.5, 0.6) is 11.5 Å². The lowest BCUT2D eigenvalue weighted by molar-refractivity contribution is -0.138. The third-order valence-corrected chi connectivity index (χ3v) is 4.26. The highest BCUT2D eigenvalue weighted by atomic mass is 19.4. The van der Waals surface area contributed by atoms with Crippen LogP contribution >= 0.6 is 0 Å². The zero-order valence-corrected chi connectivity index (χ0v) is 16.4. The summed E-state index contributed by atoms with van der Waals surface area (Å²) in [6.07, 6.45) is -0.563. The van der Waals surface area contributed by atoms with Crippen molar-refractivity contribution in [2.24, 2.45) is 0 Å². The van der Waals surface area contributed by atoms with Gasteiger partial charge in [0.15, 0.2) is 17.3 Å². The minimum absolute atomic E-state index is 0.309. The molecule has 0 spiro atoms. The lowest BCUT2D eigenvalue weighted by Gasteiger charge is -2.10. The third-order valence-electron chi connectivity index (χ3n) is 4.26. The van der Waals surface area contributed by atoms with Gasteiger partial charge in [0.25, 0.3) is 0 Å². The molecule has 0 amide bonds. The third kappa shape index (κ3) is 5.37. The maximum absolute atomic E-state index is 12.7. The predicted molar refractivity (Wildman–Crippen MR) is 103 cm³/mol. The Hall–Kier alpha value is -3.36. The second-order valence-corrected chi connectivity index (χ2v) is 6.58. The number of halogens is 3. The van der Waals surface area contributed by atoms with Crippen molar-refractivity contribution in [3.8, 4) is 17.3 Å². The van der Waals surface area contributed by atoms with Crippen LogP contribution in [-0.2, 0) is 17.4 Å². The number of aryl methyl sites for hydroxylation is 2. The molecule has 0 saturated heterocycles. The maximum Gasteiger partial charge on any atom is 0.417 e. The van der Waals surface area contributed by atoms with Gasteiger partial charge in [-0.15, -0.1) is 0 Å². The van der Waals surface area contributed by atoms with Gasteiger partial charge in [0.1, 0.15) is 0 Å². The van der Waals surface area contributed by atoms with Gasteiger partial charge in [-0.25, -0.2) is 9.67 Å². The summed E-state index contributed by atoms with van der Waals surface area (Å²) in [5.74, 6) is 0.728. The van der Waals surface area contributed by atoms with E-state index in [2.05, 4.69) is 10.1 Å². The van der Waals surface area contributed by atoms with Gasteiger partial charge in [-0.05, 0) is 49.6 Å². The molecule has 0 N–H and O–H groups in total. The summed E-state index contributed by atoms with van der Waals surface area (Å²) in [6.45, 7) is 3.54. The molecule has 0 fully saturated rings. The molecule has 2 aromatic heterocycles. The fourth-order valence-electron chi connectivity index (χ4n) is 2.80. The summed E-state index contributed by atoms with van der Waals surface area (Å²) in [5, 5.41) is 4.33. The number of esters is 1. The van der Waals surface area contributed by atoms with Crippen molar-refractivity contribution in [3.05, 3.63) is 65.6 Å². The Bertz CT molecular complexity index is 1010. The summed E-state index contributed by atoms with van der Waals surface area (Å²) in [5.41, 5.74) is 0.895. The van der Waals surface area contributed by atoms with Crippen molar-refractivity contribution >= 4 is 5.97 Å². The number of aromatic nitrogens is 3. The van der Waals surface area contributed by atoms with E-state index in [9.17, 15) is 18.0 Å². The molecule has 0 aliphatic rings. The standard InChI is InChI=1S/C21H20F3N3O3/c1-14-16(6-5-11-29-18-7-3-4-8-19(18)30-15(2)28)13-27(26-14)20-10-9-17(12-25-20)21(22,23)24/h3-4,7-10,12-13H,5-6,11H2,1-2H3. The monoisotopic (exact) mass is 419 g/mol. The Morgan fingerprint density at radius 1 is 1.13 bits per heavy atom. The van der Waals surface area contributed by atoms with Gasteiger partial charge in [-0.1, -0.05) is 12.1 Å². The van der Waals surface area contributed by atoms with E-state index < -0.39 is 17.7 Å². The average Bonchev–Trinajstić information content (AvgIpc) is 3.06.